The van der Waals surface area contributed by atoms with Crippen molar-refractivity contribution in [1.29, 1.82) is 0 Å². The van der Waals surface area contributed by atoms with Gasteiger partial charge in [-0.15, -0.1) is 0 Å². The zero-order chi connectivity index (χ0) is 14.4. The van der Waals surface area contributed by atoms with Gasteiger partial charge in [0, 0.05) is 30.1 Å². The van der Waals surface area contributed by atoms with Crippen molar-refractivity contribution in [3.05, 3.63) is 34.9 Å². The monoisotopic (exact) mass is 345 g/mol. The highest BCUT2D eigenvalue weighted by atomic mass is 79.9. The molecule has 0 N–H and O–H groups in total. The average molecular weight is 347 g/mol. The second kappa shape index (κ2) is 7.65. The van der Waals surface area contributed by atoms with E-state index in [1.165, 1.54) is 0 Å². The average Bonchev–Trinajstić information content (AvgIpc) is 2.40. The first kappa shape index (κ1) is 16.2. The van der Waals surface area contributed by atoms with Crippen molar-refractivity contribution >= 4 is 39.2 Å². The number of hydrogen-bond acceptors (Lipinski definition) is 2. The molecular weight excluding hydrogens is 330 g/mol. The summed E-state index contributed by atoms with van der Waals surface area (Å²) in [7, 11) is 0. The third-order valence-corrected chi connectivity index (χ3v) is 3.87. The standard InChI is InChI=1S/C14H17BrClNO2/c1-3-17(4-2)13(18)9-12(15)14(19)10-5-7-11(16)8-6-10/h5-8,12H,3-4,9H2,1-2H3. The lowest BCUT2D eigenvalue weighted by atomic mass is 10.1. The van der Waals surface area contributed by atoms with Gasteiger partial charge in [-0.2, -0.15) is 0 Å². The van der Waals surface area contributed by atoms with Gasteiger partial charge in [0.05, 0.1) is 4.83 Å². The first-order chi connectivity index (χ1) is 8.99. The summed E-state index contributed by atoms with van der Waals surface area (Å²) >= 11 is 9.07. The van der Waals surface area contributed by atoms with E-state index >= 15 is 0 Å². The van der Waals surface area contributed by atoms with Gasteiger partial charge in [-0.1, -0.05) is 27.5 Å². The lowest BCUT2D eigenvalue weighted by Gasteiger charge is -2.20. The summed E-state index contributed by atoms with van der Waals surface area (Å²) in [5, 5.41) is 0.585. The lowest BCUT2D eigenvalue weighted by Crippen LogP contribution is -2.33. The summed E-state index contributed by atoms with van der Waals surface area (Å²) in [4.78, 5) is 25.3. The minimum absolute atomic E-state index is 0.0193. The molecule has 1 aromatic rings. The van der Waals surface area contributed by atoms with Crippen LogP contribution in [0.5, 0.6) is 0 Å². The second-order valence-electron chi connectivity index (χ2n) is 4.11. The number of nitrogens with zero attached hydrogens (tertiary/aromatic N) is 1. The summed E-state index contributed by atoms with van der Waals surface area (Å²) in [6, 6.07) is 6.67. The fourth-order valence-corrected chi connectivity index (χ4v) is 2.41. The van der Waals surface area contributed by atoms with E-state index in [0.717, 1.165) is 0 Å². The fourth-order valence-electron chi connectivity index (χ4n) is 1.75. The van der Waals surface area contributed by atoms with Gasteiger partial charge in [0.15, 0.2) is 5.78 Å². The van der Waals surface area contributed by atoms with E-state index in [1.807, 2.05) is 13.8 Å². The Morgan fingerprint density at radius 3 is 2.21 bits per heavy atom. The smallest absolute Gasteiger partial charge is 0.224 e. The number of carbonyl (C=O) groups excluding carboxylic acids is 2. The molecule has 0 heterocycles. The van der Waals surface area contributed by atoms with Crippen molar-refractivity contribution in [3.8, 4) is 0 Å². The Kier molecular flexibility index (Phi) is 6.52. The Bertz CT molecular complexity index is 443. The fraction of sp³-hybridized carbons (Fsp3) is 0.429. The number of halogens is 2. The molecule has 1 amide bonds. The summed E-state index contributed by atoms with van der Waals surface area (Å²) in [5.74, 6) is -0.119. The minimum Gasteiger partial charge on any atom is -0.343 e. The molecule has 0 saturated heterocycles. The summed E-state index contributed by atoms with van der Waals surface area (Å²) in [5.41, 5.74) is 0.554. The Morgan fingerprint density at radius 1 is 1.21 bits per heavy atom. The number of hydrogen-bond donors (Lipinski definition) is 0. The van der Waals surface area contributed by atoms with Gasteiger partial charge in [-0.25, -0.2) is 0 Å². The molecule has 0 saturated carbocycles. The van der Waals surface area contributed by atoms with Crippen LogP contribution in [0.1, 0.15) is 30.6 Å². The summed E-state index contributed by atoms with van der Waals surface area (Å²) in [6.45, 7) is 5.16. The van der Waals surface area contributed by atoms with Gasteiger partial charge in [-0.3, -0.25) is 9.59 Å². The first-order valence-corrected chi connectivity index (χ1v) is 7.50. The zero-order valence-corrected chi connectivity index (χ0v) is 13.4. The van der Waals surface area contributed by atoms with E-state index < -0.39 is 4.83 Å². The Morgan fingerprint density at radius 2 is 1.74 bits per heavy atom. The number of Topliss-reactive ketones (excluding diaryl/α,β-unsaturated/α-hetero) is 1. The number of carbonyl (C=O) groups is 2. The molecule has 0 aliphatic heterocycles. The molecule has 0 radical (unpaired) electrons. The zero-order valence-electron chi connectivity index (χ0n) is 11.0. The normalized spacial score (nSPS) is 12.0. The molecule has 0 fully saturated rings. The van der Waals surface area contributed by atoms with Crippen molar-refractivity contribution < 1.29 is 9.59 Å². The van der Waals surface area contributed by atoms with Crippen LogP contribution >= 0.6 is 27.5 Å². The van der Waals surface area contributed by atoms with Crippen LogP contribution in [0.3, 0.4) is 0 Å². The molecule has 1 atom stereocenters. The van der Waals surface area contributed by atoms with Crippen LogP contribution in [0, 0.1) is 0 Å². The van der Waals surface area contributed by atoms with Crippen molar-refractivity contribution in [2.24, 2.45) is 0 Å². The molecule has 104 valence electrons. The van der Waals surface area contributed by atoms with Gasteiger partial charge in [0.25, 0.3) is 0 Å². The van der Waals surface area contributed by atoms with E-state index in [0.29, 0.717) is 23.7 Å². The van der Waals surface area contributed by atoms with Crippen LogP contribution in [0.4, 0.5) is 0 Å². The first-order valence-electron chi connectivity index (χ1n) is 6.21. The minimum atomic E-state index is -0.498. The van der Waals surface area contributed by atoms with Crippen molar-refractivity contribution in [3.63, 3.8) is 0 Å². The lowest BCUT2D eigenvalue weighted by molar-refractivity contribution is -0.130. The van der Waals surface area contributed by atoms with Crippen LogP contribution in [0.15, 0.2) is 24.3 Å². The molecule has 1 aromatic carbocycles. The number of ketones is 1. The molecule has 1 unspecified atom stereocenters. The van der Waals surface area contributed by atoms with E-state index in [4.69, 9.17) is 11.6 Å². The van der Waals surface area contributed by atoms with Crippen LogP contribution in [-0.4, -0.2) is 34.5 Å². The van der Waals surface area contributed by atoms with Gasteiger partial charge < -0.3 is 4.90 Å². The second-order valence-corrected chi connectivity index (χ2v) is 5.65. The molecule has 1 rings (SSSR count). The molecule has 3 nitrogen and oxygen atoms in total. The van der Waals surface area contributed by atoms with Crippen LogP contribution < -0.4 is 0 Å². The van der Waals surface area contributed by atoms with Crippen molar-refractivity contribution in [2.75, 3.05) is 13.1 Å². The van der Waals surface area contributed by atoms with Crippen LogP contribution in [-0.2, 0) is 4.79 Å². The maximum absolute atomic E-state index is 12.1. The largest absolute Gasteiger partial charge is 0.343 e. The summed E-state index contributed by atoms with van der Waals surface area (Å²) in [6.07, 6.45) is 0.170. The van der Waals surface area contributed by atoms with Crippen molar-refractivity contribution in [2.45, 2.75) is 25.1 Å². The highest BCUT2D eigenvalue weighted by Gasteiger charge is 2.22. The Balaban J connectivity index is 2.67. The van der Waals surface area contributed by atoms with Gasteiger partial charge in [-0.05, 0) is 38.1 Å². The van der Waals surface area contributed by atoms with Gasteiger partial charge >= 0.3 is 0 Å². The number of alkyl halides is 1. The number of benzene rings is 1. The molecule has 0 spiro atoms. The van der Waals surface area contributed by atoms with E-state index in [9.17, 15) is 9.59 Å². The molecule has 5 heteroatoms. The van der Waals surface area contributed by atoms with Crippen LogP contribution in [0.25, 0.3) is 0 Å². The molecule has 0 aromatic heterocycles. The maximum Gasteiger partial charge on any atom is 0.224 e. The van der Waals surface area contributed by atoms with E-state index in [2.05, 4.69) is 15.9 Å². The molecule has 0 aliphatic rings. The Labute approximate surface area is 127 Å². The van der Waals surface area contributed by atoms with Crippen molar-refractivity contribution in [1.82, 2.24) is 4.90 Å². The predicted octanol–water partition coefficient (Wildman–Crippen LogP) is 3.54. The van der Waals surface area contributed by atoms with Crippen LogP contribution in [0.2, 0.25) is 5.02 Å². The number of amides is 1. The summed E-state index contributed by atoms with van der Waals surface area (Å²) < 4.78 is 0. The van der Waals surface area contributed by atoms with Gasteiger partial charge in [0.2, 0.25) is 5.91 Å². The highest BCUT2D eigenvalue weighted by molar-refractivity contribution is 9.10. The molecular formula is C14H17BrClNO2. The quantitative estimate of drug-likeness (QED) is 0.583. The topological polar surface area (TPSA) is 37.4 Å². The van der Waals surface area contributed by atoms with E-state index in [-0.39, 0.29) is 18.1 Å². The number of rotatable bonds is 6. The highest BCUT2D eigenvalue weighted by Crippen LogP contribution is 2.17. The maximum atomic E-state index is 12.1. The Hall–Kier alpha value is -0.870. The molecule has 0 aliphatic carbocycles. The SMILES string of the molecule is CCN(CC)C(=O)CC(Br)C(=O)c1ccc(Cl)cc1. The molecule has 19 heavy (non-hydrogen) atoms. The third-order valence-electron chi connectivity index (χ3n) is 2.88. The predicted molar refractivity (Wildman–Crippen MR) is 81.0 cm³/mol. The molecule has 0 bridgehead atoms. The third kappa shape index (κ3) is 4.62. The van der Waals surface area contributed by atoms with Gasteiger partial charge in [0.1, 0.15) is 0 Å². The van der Waals surface area contributed by atoms with E-state index in [1.54, 1.807) is 29.2 Å².